The number of hydrogen-bond donors (Lipinski definition) is 2. The summed E-state index contributed by atoms with van der Waals surface area (Å²) in [6.45, 7) is 1.73. The summed E-state index contributed by atoms with van der Waals surface area (Å²) in [6, 6.07) is 3.01. The number of aromatic nitrogens is 1. The van der Waals surface area contributed by atoms with E-state index in [0.29, 0.717) is 17.8 Å². The van der Waals surface area contributed by atoms with Crippen LogP contribution in [0, 0.1) is 0 Å². The van der Waals surface area contributed by atoms with Crippen molar-refractivity contribution in [2.24, 2.45) is 0 Å². The van der Waals surface area contributed by atoms with E-state index in [1.54, 1.807) is 20.0 Å². The Hall–Kier alpha value is -1.34. The van der Waals surface area contributed by atoms with E-state index in [-0.39, 0.29) is 22.6 Å². The average molecular weight is 318 g/mol. The van der Waals surface area contributed by atoms with Gasteiger partial charge in [0.1, 0.15) is 11.0 Å². The van der Waals surface area contributed by atoms with Gasteiger partial charge in [0.25, 0.3) is 5.91 Å². The van der Waals surface area contributed by atoms with E-state index in [9.17, 15) is 13.2 Å². The highest BCUT2D eigenvalue weighted by Crippen LogP contribution is 2.24. The van der Waals surface area contributed by atoms with E-state index in [2.05, 4.69) is 15.6 Å². The second-order valence-corrected chi connectivity index (χ2v) is 7.74. The molecule has 1 atom stereocenters. The van der Waals surface area contributed by atoms with Gasteiger partial charge < -0.3 is 10.6 Å². The van der Waals surface area contributed by atoms with Gasteiger partial charge in [0.15, 0.2) is 9.84 Å². The van der Waals surface area contributed by atoms with E-state index < -0.39 is 15.4 Å². The molecule has 1 amide bonds. The van der Waals surface area contributed by atoms with Crippen molar-refractivity contribution >= 4 is 33.2 Å². The lowest BCUT2D eigenvalue weighted by Gasteiger charge is -2.24. The van der Waals surface area contributed by atoms with Crippen molar-refractivity contribution in [1.82, 2.24) is 10.3 Å². The number of nitrogens with zero attached hydrogens (tertiary/aromatic N) is 1. The van der Waals surface area contributed by atoms with Crippen LogP contribution in [0.2, 0.25) is 5.15 Å². The molecule has 2 heterocycles. The molecule has 0 bridgehead atoms. The first-order valence-corrected chi connectivity index (χ1v) is 8.31. The highest BCUT2D eigenvalue weighted by molar-refractivity contribution is 7.91. The second-order valence-electron chi connectivity index (χ2n) is 5.17. The Morgan fingerprint density at radius 3 is 2.70 bits per heavy atom. The van der Waals surface area contributed by atoms with Gasteiger partial charge in [-0.2, -0.15) is 0 Å². The molecule has 1 fully saturated rings. The highest BCUT2D eigenvalue weighted by atomic mass is 35.5. The number of rotatable bonds is 3. The number of anilines is 1. The van der Waals surface area contributed by atoms with Gasteiger partial charge in [-0.3, -0.25) is 4.79 Å². The molecule has 110 valence electrons. The lowest BCUT2D eigenvalue weighted by atomic mass is 10.0. The molecule has 2 rings (SSSR count). The Labute approximate surface area is 122 Å². The largest absolute Gasteiger partial charge is 0.373 e. The summed E-state index contributed by atoms with van der Waals surface area (Å²) < 4.78 is 23.1. The number of carbonyl (C=O) groups is 1. The predicted molar refractivity (Wildman–Crippen MR) is 77.9 cm³/mol. The molecule has 1 aromatic heterocycles. The van der Waals surface area contributed by atoms with Gasteiger partial charge in [0.2, 0.25) is 0 Å². The number of sulfone groups is 1. The van der Waals surface area contributed by atoms with E-state index in [0.717, 1.165) is 0 Å². The highest BCUT2D eigenvalue weighted by Gasteiger charge is 2.39. The molecule has 0 saturated carbocycles. The monoisotopic (exact) mass is 317 g/mol. The molecule has 1 unspecified atom stereocenters. The Balaban J connectivity index is 2.19. The van der Waals surface area contributed by atoms with E-state index >= 15 is 0 Å². The van der Waals surface area contributed by atoms with Crippen molar-refractivity contribution in [2.75, 3.05) is 23.9 Å². The van der Waals surface area contributed by atoms with Gasteiger partial charge in [0, 0.05) is 12.6 Å². The van der Waals surface area contributed by atoms with Crippen LogP contribution >= 0.6 is 11.6 Å². The Kier molecular flexibility index (Phi) is 3.93. The lowest BCUT2D eigenvalue weighted by Crippen LogP contribution is -2.46. The third-order valence-corrected chi connectivity index (χ3v) is 5.33. The number of pyridine rings is 1. The number of nitrogens with one attached hydrogen (secondary N) is 2. The fraction of sp³-hybridized carbons (Fsp3) is 0.500. The summed E-state index contributed by atoms with van der Waals surface area (Å²) in [4.78, 5) is 16.2. The summed E-state index contributed by atoms with van der Waals surface area (Å²) in [5.74, 6) is 0.184. The average Bonchev–Trinajstić information content (AvgIpc) is 2.62. The number of carbonyl (C=O) groups excluding carboxylic acids is 1. The van der Waals surface area contributed by atoms with Gasteiger partial charge in [-0.05, 0) is 25.5 Å². The molecule has 2 N–H and O–H groups in total. The van der Waals surface area contributed by atoms with Crippen LogP contribution in [0.5, 0.6) is 0 Å². The molecule has 0 aliphatic carbocycles. The number of halogens is 1. The van der Waals surface area contributed by atoms with Crippen LogP contribution in [-0.2, 0) is 9.84 Å². The first-order chi connectivity index (χ1) is 9.23. The molecule has 6 nitrogen and oxygen atoms in total. The first-order valence-electron chi connectivity index (χ1n) is 6.11. The molecular formula is C12H16ClN3O3S. The molecule has 1 aliphatic heterocycles. The minimum Gasteiger partial charge on any atom is -0.373 e. The van der Waals surface area contributed by atoms with Gasteiger partial charge in [-0.1, -0.05) is 11.6 Å². The molecule has 20 heavy (non-hydrogen) atoms. The number of amides is 1. The molecule has 0 aromatic carbocycles. The van der Waals surface area contributed by atoms with Crippen molar-refractivity contribution in [3.05, 3.63) is 22.8 Å². The zero-order valence-corrected chi connectivity index (χ0v) is 12.8. The Morgan fingerprint density at radius 2 is 2.15 bits per heavy atom. The molecule has 0 spiro atoms. The molecule has 1 aromatic rings. The lowest BCUT2D eigenvalue weighted by molar-refractivity contribution is 0.0915. The van der Waals surface area contributed by atoms with Crippen molar-refractivity contribution in [3.63, 3.8) is 0 Å². The maximum Gasteiger partial charge on any atom is 0.251 e. The third kappa shape index (κ3) is 3.40. The summed E-state index contributed by atoms with van der Waals surface area (Å²) >= 11 is 5.84. The summed E-state index contributed by atoms with van der Waals surface area (Å²) in [7, 11) is -1.40. The van der Waals surface area contributed by atoms with E-state index in [1.807, 2.05) is 0 Å². The van der Waals surface area contributed by atoms with Crippen molar-refractivity contribution in [3.8, 4) is 0 Å². The number of hydrogen-bond acceptors (Lipinski definition) is 5. The fourth-order valence-electron chi connectivity index (χ4n) is 2.21. The SMILES string of the molecule is CNc1cc(C(=O)NC2(C)CCS(=O)(=O)C2)cc(Cl)n1. The minimum absolute atomic E-state index is 0.0383. The predicted octanol–water partition coefficient (Wildman–Crippen LogP) is 1.08. The topological polar surface area (TPSA) is 88.2 Å². The third-order valence-electron chi connectivity index (χ3n) is 3.23. The molecule has 1 aliphatic rings. The quantitative estimate of drug-likeness (QED) is 0.815. The van der Waals surface area contributed by atoms with Gasteiger partial charge >= 0.3 is 0 Å². The fourth-order valence-corrected chi connectivity index (χ4v) is 4.51. The van der Waals surface area contributed by atoms with E-state index in [1.165, 1.54) is 6.07 Å². The van der Waals surface area contributed by atoms with Crippen LogP contribution in [0.15, 0.2) is 12.1 Å². The zero-order chi connectivity index (χ0) is 15.0. The summed E-state index contributed by atoms with van der Waals surface area (Å²) in [6.07, 6.45) is 0.415. The standard InChI is InChI=1S/C12H16ClN3O3S/c1-12(3-4-20(18,19)7-12)16-11(17)8-5-9(13)15-10(6-8)14-2/h5-6H,3-4,7H2,1-2H3,(H,14,15)(H,16,17). The van der Waals surface area contributed by atoms with E-state index in [4.69, 9.17) is 11.6 Å². The van der Waals surface area contributed by atoms with Crippen LogP contribution in [-0.4, -0.2) is 43.4 Å². The molecule has 8 heteroatoms. The van der Waals surface area contributed by atoms with Crippen molar-refractivity contribution < 1.29 is 13.2 Å². The van der Waals surface area contributed by atoms with Crippen LogP contribution in [0.1, 0.15) is 23.7 Å². The van der Waals surface area contributed by atoms with Crippen LogP contribution in [0.25, 0.3) is 0 Å². The Bertz CT molecular complexity index is 647. The van der Waals surface area contributed by atoms with Gasteiger partial charge in [-0.25, -0.2) is 13.4 Å². The Morgan fingerprint density at radius 1 is 1.45 bits per heavy atom. The molecule has 0 radical (unpaired) electrons. The second kappa shape index (κ2) is 5.21. The van der Waals surface area contributed by atoms with Crippen LogP contribution < -0.4 is 10.6 Å². The normalized spacial score (nSPS) is 24.4. The van der Waals surface area contributed by atoms with Crippen molar-refractivity contribution in [2.45, 2.75) is 18.9 Å². The van der Waals surface area contributed by atoms with Crippen LogP contribution in [0.4, 0.5) is 5.82 Å². The maximum atomic E-state index is 12.2. The maximum absolute atomic E-state index is 12.2. The molecular weight excluding hydrogens is 302 g/mol. The zero-order valence-electron chi connectivity index (χ0n) is 11.2. The summed E-state index contributed by atoms with van der Waals surface area (Å²) in [5, 5.41) is 5.78. The minimum atomic E-state index is -3.07. The van der Waals surface area contributed by atoms with Gasteiger partial charge in [0.05, 0.1) is 17.0 Å². The smallest absolute Gasteiger partial charge is 0.251 e. The molecule has 1 saturated heterocycles. The van der Waals surface area contributed by atoms with Gasteiger partial charge in [-0.15, -0.1) is 0 Å². The first kappa shape index (κ1) is 15.1. The van der Waals surface area contributed by atoms with Crippen molar-refractivity contribution in [1.29, 1.82) is 0 Å². The van der Waals surface area contributed by atoms with Crippen LogP contribution in [0.3, 0.4) is 0 Å². The summed E-state index contributed by atoms with van der Waals surface area (Å²) in [5.41, 5.74) is -0.384.